The molecule has 0 spiro atoms. The number of rotatable bonds is 5. The fourth-order valence-electron chi connectivity index (χ4n) is 3.34. The Bertz CT molecular complexity index is 1220. The molecule has 2 aromatic carbocycles. The van der Waals surface area contributed by atoms with Gasteiger partial charge in [0.25, 0.3) is 0 Å². The molecule has 30 heavy (non-hydrogen) atoms. The van der Waals surface area contributed by atoms with Crippen molar-refractivity contribution in [1.82, 2.24) is 9.97 Å². The highest BCUT2D eigenvalue weighted by atomic mass is 16.4. The molecule has 0 unspecified atom stereocenters. The van der Waals surface area contributed by atoms with Crippen molar-refractivity contribution in [2.75, 3.05) is 0 Å². The standard InChI is InChI=1S/C26H20N2O2/c1-18-14-20(11-12-24(18)26(29)30)25-21(10-9-19-6-3-2-4-7-19)15-23(17-28-25)22-8-5-13-27-16-22/h2-17H,1H3,(H,29,30)/b10-9+. The lowest BCUT2D eigenvalue weighted by Gasteiger charge is -2.11. The van der Waals surface area contributed by atoms with E-state index in [-0.39, 0.29) is 0 Å². The number of benzene rings is 2. The summed E-state index contributed by atoms with van der Waals surface area (Å²) in [6.45, 7) is 1.80. The molecule has 146 valence electrons. The van der Waals surface area contributed by atoms with Crippen LogP contribution in [0.5, 0.6) is 0 Å². The minimum atomic E-state index is -0.928. The number of aromatic nitrogens is 2. The van der Waals surface area contributed by atoms with E-state index in [0.29, 0.717) is 11.1 Å². The van der Waals surface area contributed by atoms with Crippen LogP contribution in [0.4, 0.5) is 0 Å². The number of pyridine rings is 2. The van der Waals surface area contributed by atoms with E-state index in [0.717, 1.165) is 33.5 Å². The molecule has 2 aromatic heterocycles. The van der Waals surface area contributed by atoms with Gasteiger partial charge in [-0.2, -0.15) is 0 Å². The first-order valence-electron chi connectivity index (χ1n) is 9.60. The van der Waals surface area contributed by atoms with Crippen LogP contribution >= 0.6 is 0 Å². The third-order valence-corrected chi connectivity index (χ3v) is 4.90. The van der Waals surface area contributed by atoms with Gasteiger partial charge in [0.15, 0.2) is 0 Å². The van der Waals surface area contributed by atoms with Crippen molar-refractivity contribution in [1.29, 1.82) is 0 Å². The SMILES string of the molecule is Cc1cc(-c2ncc(-c3cccnc3)cc2/C=C/c2ccccc2)ccc1C(=O)O. The molecular formula is C26H20N2O2. The summed E-state index contributed by atoms with van der Waals surface area (Å²) in [4.78, 5) is 20.3. The summed E-state index contributed by atoms with van der Waals surface area (Å²) >= 11 is 0. The van der Waals surface area contributed by atoms with E-state index in [2.05, 4.69) is 11.1 Å². The molecule has 4 aromatic rings. The second-order valence-electron chi connectivity index (χ2n) is 6.98. The van der Waals surface area contributed by atoms with Gasteiger partial charge in [0.2, 0.25) is 0 Å². The number of hydrogen-bond donors (Lipinski definition) is 1. The van der Waals surface area contributed by atoms with Crippen molar-refractivity contribution in [3.8, 4) is 22.4 Å². The summed E-state index contributed by atoms with van der Waals surface area (Å²) in [5.74, 6) is -0.928. The van der Waals surface area contributed by atoms with E-state index in [1.807, 2.05) is 79.1 Å². The second-order valence-corrected chi connectivity index (χ2v) is 6.98. The zero-order valence-electron chi connectivity index (χ0n) is 16.5. The van der Waals surface area contributed by atoms with E-state index in [1.54, 1.807) is 19.2 Å². The molecule has 0 atom stereocenters. The Morgan fingerprint density at radius 2 is 1.70 bits per heavy atom. The topological polar surface area (TPSA) is 63.1 Å². The number of aryl methyl sites for hydroxylation is 1. The molecule has 0 saturated heterocycles. The van der Waals surface area contributed by atoms with Crippen molar-refractivity contribution in [2.24, 2.45) is 0 Å². The fraction of sp³-hybridized carbons (Fsp3) is 0.0385. The Balaban J connectivity index is 1.82. The smallest absolute Gasteiger partial charge is 0.335 e. The van der Waals surface area contributed by atoms with Crippen LogP contribution in [0.2, 0.25) is 0 Å². The van der Waals surface area contributed by atoms with Crippen molar-refractivity contribution in [3.05, 3.63) is 108 Å². The number of carbonyl (C=O) groups is 1. The van der Waals surface area contributed by atoms with Gasteiger partial charge in [-0.1, -0.05) is 54.6 Å². The van der Waals surface area contributed by atoms with E-state index in [4.69, 9.17) is 4.98 Å². The molecule has 0 saturated carbocycles. The lowest BCUT2D eigenvalue weighted by Crippen LogP contribution is -2.00. The van der Waals surface area contributed by atoms with Gasteiger partial charge in [0.1, 0.15) is 0 Å². The highest BCUT2D eigenvalue weighted by Gasteiger charge is 2.12. The first-order chi connectivity index (χ1) is 14.6. The van der Waals surface area contributed by atoms with Crippen LogP contribution in [0.3, 0.4) is 0 Å². The van der Waals surface area contributed by atoms with Gasteiger partial charge >= 0.3 is 5.97 Å². The van der Waals surface area contributed by atoms with Crippen LogP contribution in [-0.2, 0) is 0 Å². The highest BCUT2D eigenvalue weighted by molar-refractivity contribution is 5.90. The lowest BCUT2D eigenvalue weighted by molar-refractivity contribution is 0.0696. The Morgan fingerprint density at radius 1 is 0.867 bits per heavy atom. The summed E-state index contributed by atoms with van der Waals surface area (Å²) in [7, 11) is 0. The molecule has 0 amide bonds. The van der Waals surface area contributed by atoms with Crippen molar-refractivity contribution < 1.29 is 9.90 Å². The second kappa shape index (κ2) is 8.53. The first kappa shape index (κ1) is 19.3. The van der Waals surface area contributed by atoms with Gasteiger partial charge in [-0.25, -0.2) is 4.79 Å². The molecule has 2 heterocycles. The van der Waals surface area contributed by atoms with Crippen LogP contribution in [-0.4, -0.2) is 21.0 Å². The predicted octanol–water partition coefficient (Wildman–Crippen LogP) is 5.99. The monoisotopic (exact) mass is 392 g/mol. The Labute approximate surface area is 175 Å². The number of nitrogens with zero attached hydrogens (tertiary/aromatic N) is 2. The highest BCUT2D eigenvalue weighted by Crippen LogP contribution is 2.29. The molecule has 0 radical (unpaired) electrons. The van der Waals surface area contributed by atoms with Crippen LogP contribution in [0.1, 0.15) is 27.0 Å². The molecule has 0 bridgehead atoms. The zero-order valence-corrected chi connectivity index (χ0v) is 16.5. The van der Waals surface area contributed by atoms with Gasteiger partial charge in [-0.3, -0.25) is 9.97 Å². The Kier molecular flexibility index (Phi) is 5.48. The summed E-state index contributed by atoms with van der Waals surface area (Å²) in [5.41, 5.74) is 6.68. The number of hydrogen-bond acceptors (Lipinski definition) is 3. The molecule has 4 heteroatoms. The molecular weight excluding hydrogens is 372 g/mol. The van der Waals surface area contributed by atoms with Crippen LogP contribution in [0.15, 0.2) is 85.3 Å². The molecule has 1 N–H and O–H groups in total. The molecule has 4 rings (SSSR count). The quantitative estimate of drug-likeness (QED) is 0.453. The van der Waals surface area contributed by atoms with Gasteiger partial charge in [-0.05, 0) is 42.3 Å². The predicted molar refractivity (Wildman–Crippen MR) is 120 cm³/mol. The largest absolute Gasteiger partial charge is 0.478 e. The van der Waals surface area contributed by atoms with Gasteiger partial charge in [0, 0.05) is 40.8 Å². The van der Waals surface area contributed by atoms with Gasteiger partial charge < -0.3 is 5.11 Å². The molecule has 4 nitrogen and oxygen atoms in total. The fourth-order valence-corrected chi connectivity index (χ4v) is 3.34. The summed E-state index contributed by atoms with van der Waals surface area (Å²) in [6.07, 6.45) is 9.47. The maximum absolute atomic E-state index is 11.4. The van der Waals surface area contributed by atoms with Crippen LogP contribution < -0.4 is 0 Å². The molecule has 0 aliphatic rings. The van der Waals surface area contributed by atoms with Gasteiger partial charge in [0.05, 0.1) is 11.3 Å². The van der Waals surface area contributed by atoms with E-state index in [9.17, 15) is 9.90 Å². The summed E-state index contributed by atoms with van der Waals surface area (Å²) in [5, 5.41) is 9.32. The van der Waals surface area contributed by atoms with E-state index < -0.39 is 5.97 Å². The summed E-state index contributed by atoms with van der Waals surface area (Å²) in [6, 6.07) is 21.4. The lowest BCUT2D eigenvalue weighted by atomic mass is 9.98. The maximum Gasteiger partial charge on any atom is 0.335 e. The number of carboxylic acid groups (broad SMARTS) is 1. The average molecular weight is 392 g/mol. The Hall–Kier alpha value is -4.05. The minimum absolute atomic E-state index is 0.298. The van der Waals surface area contributed by atoms with Crippen molar-refractivity contribution >= 4 is 18.1 Å². The minimum Gasteiger partial charge on any atom is -0.478 e. The normalized spacial score (nSPS) is 11.0. The maximum atomic E-state index is 11.4. The average Bonchev–Trinajstić information content (AvgIpc) is 2.78. The first-order valence-corrected chi connectivity index (χ1v) is 9.60. The molecule has 0 fully saturated rings. The van der Waals surface area contributed by atoms with E-state index in [1.165, 1.54) is 0 Å². The third kappa shape index (κ3) is 4.18. The van der Waals surface area contributed by atoms with Crippen molar-refractivity contribution in [2.45, 2.75) is 6.92 Å². The van der Waals surface area contributed by atoms with Crippen LogP contribution in [0.25, 0.3) is 34.5 Å². The van der Waals surface area contributed by atoms with Crippen LogP contribution in [0, 0.1) is 6.92 Å². The zero-order chi connectivity index (χ0) is 20.9. The summed E-state index contributed by atoms with van der Waals surface area (Å²) < 4.78 is 0. The third-order valence-electron chi connectivity index (χ3n) is 4.90. The number of carboxylic acids is 1. The molecule has 0 aliphatic heterocycles. The van der Waals surface area contributed by atoms with E-state index >= 15 is 0 Å². The van der Waals surface area contributed by atoms with Crippen molar-refractivity contribution in [3.63, 3.8) is 0 Å². The molecule has 0 aliphatic carbocycles. The number of aromatic carboxylic acids is 1. The van der Waals surface area contributed by atoms with Gasteiger partial charge in [-0.15, -0.1) is 0 Å². The Morgan fingerprint density at radius 3 is 2.40 bits per heavy atom.